The first-order chi connectivity index (χ1) is 15.0. The van der Waals surface area contributed by atoms with Crippen LogP contribution in [0.4, 0.5) is 5.69 Å². The van der Waals surface area contributed by atoms with E-state index < -0.39 is 0 Å². The number of aryl methyl sites for hydroxylation is 1. The molecule has 0 radical (unpaired) electrons. The molecule has 6 nitrogen and oxygen atoms in total. The van der Waals surface area contributed by atoms with E-state index in [1.165, 1.54) is 0 Å². The first-order valence-corrected chi connectivity index (χ1v) is 10.6. The normalized spacial score (nSPS) is 14.7. The third-order valence-corrected chi connectivity index (χ3v) is 5.01. The molecular formula is C25H28N2O4. The van der Waals surface area contributed by atoms with Crippen molar-refractivity contribution in [2.45, 2.75) is 39.8 Å². The van der Waals surface area contributed by atoms with Crippen LogP contribution >= 0.6 is 0 Å². The standard InChI is InChI=1S/C25H28N2O4/c1-4-30-23(28)16-15-20-11-8-10-19(24(20)31-5-2)12-9-17-27-18(3)26-22-14-7-6-13-21(22)25(27)29/h6-8,10-11,13-14,18,26H,4-5,15-17H2,1-3H3. The van der Waals surface area contributed by atoms with Crippen LogP contribution in [0.1, 0.15) is 48.7 Å². The van der Waals surface area contributed by atoms with Crippen LogP contribution in [-0.4, -0.2) is 42.7 Å². The van der Waals surface area contributed by atoms with Gasteiger partial charge in [-0.3, -0.25) is 9.59 Å². The van der Waals surface area contributed by atoms with Gasteiger partial charge in [-0.1, -0.05) is 36.1 Å². The molecule has 2 aromatic rings. The van der Waals surface area contributed by atoms with Gasteiger partial charge in [0, 0.05) is 12.1 Å². The van der Waals surface area contributed by atoms with E-state index in [0.29, 0.717) is 37.5 Å². The van der Waals surface area contributed by atoms with Crippen molar-refractivity contribution >= 4 is 17.6 Å². The average molecular weight is 421 g/mol. The summed E-state index contributed by atoms with van der Waals surface area (Å²) in [5.41, 5.74) is 3.16. The first-order valence-electron chi connectivity index (χ1n) is 10.6. The summed E-state index contributed by atoms with van der Waals surface area (Å²) in [6.07, 6.45) is 0.654. The highest BCUT2D eigenvalue weighted by molar-refractivity contribution is 6.01. The van der Waals surface area contributed by atoms with Crippen LogP contribution in [0.5, 0.6) is 5.75 Å². The number of anilines is 1. The summed E-state index contributed by atoms with van der Waals surface area (Å²) in [7, 11) is 0. The van der Waals surface area contributed by atoms with Crippen LogP contribution < -0.4 is 10.1 Å². The third kappa shape index (κ3) is 5.37. The van der Waals surface area contributed by atoms with E-state index in [4.69, 9.17) is 9.47 Å². The number of carbonyl (C=O) groups excluding carboxylic acids is 2. The Morgan fingerprint density at radius 1 is 1.13 bits per heavy atom. The van der Waals surface area contributed by atoms with Crippen molar-refractivity contribution in [2.24, 2.45) is 0 Å². The minimum Gasteiger partial charge on any atom is -0.492 e. The number of amides is 1. The Labute approximate surface area is 183 Å². The fraction of sp³-hybridized carbons (Fsp3) is 0.360. The van der Waals surface area contributed by atoms with Gasteiger partial charge in [-0.15, -0.1) is 0 Å². The maximum absolute atomic E-state index is 12.8. The molecule has 31 heavy (non-hydrogen) atoms. The monoisotopic (exact) mass is 420 g/mol. The van der Waals surface area contributed by atoms with Gasteiger partial charge in [-0.25, -0.2) is 0 Å². The highest BCUT2D eigenvalue weighted by atomic mass is 16.5. The molecule has 0 bridgehead atoms. The molecule has 2 aromatic carbocycles. The van der Waals surface area contributed by atoms with Crippen LogP contribution in [0.15, 0.2) is 42.5 Å². The molecule has 0 saturated carbocycles. The second-order valence-electron chi connectivity index (χ2n) is 7.13. The van der Waals surface area contributed by atoms with Gasteiger partial charge in [0.1, 0.15) is 5.75 Å². The SMILES string of the molecule is CCOC(=O)CCc1cccc(C#CCN2C(=O)c3ccccc3NC2C)c1OCC. The first kappa shape index (κ1) is 22.2. The van der Waals surface area contributed by atoms with Crippen molar-refractivity contribution in [3.8, 4) is 17.6 Å². The molecular weight excluding hydrogens is 392 g/mol. The lowest BCUT2D eigenvalue weighted by molar-refractivity contribution is -0.143. The van der Waals surface area contributed by atoms with Crippen molar-refractivity contribution in [3.63, 3.8) is 0 Å². The third-order valence-electron chi connectivity index (χ3n) is 5.01. The predicted octanol–water partition coefficient (Wildman–Crippen LogP) is 3.85. The van der Waals surface area contributed by atoms with Gasteiger partial charge in [-0.2, -0.15) is 0 Å². The van der Waals surface area contributed by atoms with Crippen LogP contribution in [0.3, 0.4) is 0 Å². The van der Waals surface area contributed by atoms with Gasteiger partial charge in [0.15, 0.2) is 0 Å². The van der Waals surface area contributed by atoms with E-state index >= 15 is 0 Å². The number of fused-ring (bicyclic) bond motifs is 1. The molecule has 0 saturated heterocycles. The molecule has 0 aliphatic carbocycles. The minimum atomic E-state index is -0.230. The van der Waals surface area contributed by atoms with Crippen LogP contribution in [0.25, 0.3) is 0 Å². The van der Waals surface area contributed by atoms with E-state index in [-0.39, 0.29) is 24.5 Å². The van der Waals surface area contributed by atoms with E-state index in [9.17, 15) is 9.59 Å². The van der Waals surface area contributed by atoms with Crippen LogP contribution in [0, 0.1) is 11.8 Å². The Morgan fingerprint density at radius 3 is 2.71 bits per heavy atom. The zero-order valence-corrected chi connectivity index (χ0v) is 18.2. The molecule has 0 spiro atoms. The predicted molar refractivity (Wildman–Crippen MR) is 120 cm³/mol. The van der Waals surface area contributed by atoms with Crippen molar-refractivity contribution in [2.75, 3.05) is 25.1 Å². The summed E-state index contributed by atoms with van der Waals surface area (Å²) in [4.78, 5) is 26.3. The average Bonchev–Trinajstić information content (AvgIpc) is 2.76. The highest BCUT2D eigenvalue weighted by Crippen LogP contribution is 2.26. The molecule has 1 N–H and O–H groups in total. The molecule has 0 fully saturated rings. The number of ether oxygens (including phenoxy) is 2. The second kappa shape index (κ2) is 10.5. The van der Waals surface area contributed by atoms with Gasteiger partial charge in [0.05, 0.1) is 37.1 Å². The van der Waals surface area contributed by atoms with Gasteiger partial charge in [0.25, 0.3) is 5.91 Å². The number of hydrogen-bond acceptors (Lipinski definition) is 5. The topological polar surface area (TPSA) is 67.9 Å². The highest BCUT2D eigenvalue weighted by Gasteiger charge is 2.28. The number of nitrogens with one attached hydrogen (secondary N) is 1. The van der Waals surface area contributed by atoms with Gasteiger partial charge >= 0.3 is 5.97 Å². The van der Waals surface area contributed by atoms with Crippen molar-refractivity contribution in [3.05, 3.63) is 59.2 Å². The minimum absolute atomic E-state index is 0.0376. The molecule has 162 valence electrons. The number of hydrogen-bond donors (Lipinski definition) is 1. The number of rotatable bonds is 7. The number of nitrogens with zero attached hydrogens (tertiary/aromatic N) is 1. The fourth-order valence-electron chi connectivity index (χ4n) is 3.52. The molecule has 1 aliphatic rings. The van der Waals surface area contributed by atoms with Crippen molar-refractivity contribution < 1.29 is 19.1 Å². The molecule has 6 heteroatoms. The quantitative estimate of drug-likeness (QED) is 0.544. The zero-order chi connectivity index (χ0) is 22.2. The van der Waals surface area contributed by atoms with E-state index in [2.05, 4.69) is 17.2 Å². The molecule has 1 amide bonds. The summed E-state index contributed by atoms with van der Waals surface area (Å²) < 4.78 is 10.9. The van der Waals surface area contributed by atoms with Crippen molar-refractivity contribution in [1.29, 1.82) is 0 Å². The van der Waals surface area contributed by atoms with Crippen LogP contribution in [-0.2, 0) is 16.0 Å². The Morgan fingerprint density at radius 2 is 1.94 bits per heavy atom. The largest absolute Gasteiger partial charge is 0.492 e. The molecule has 0 aromatic heterocycles. The Bertz CT molecular complexity index is 1010. The van der Waals surface area contributed by atoms with E-state index in [1.54, 1.807) is 11.8 Å². The summed E-state index contributed by atoms with van der Waals surface area (Å²) >= 11 is 0. The van der Waals surface area contributed by atoms with Gasteiger partial charge < -0.3 is 19.7 Å². The second-order valence-corrected chi connectivity index (χ2v) is 7.13. The van der Waals surface area contributed by atoms with E-state index in [0.717, 1.165) is 16.8 Å². The molecule has 1 heterocycles. The summed E-state index contributed by atoms with van der Waals surface area (Å²) in [6, 6.07) is 13.2. The maximum Gasteiger partial charge on any atom is 0.306 e. The Kier molecular flexibility index (Phi) is 7.55. The van der Waals surface area contributed by atoms with Gasteiger partial charge in [-0.05, 0) is 51.0 Å². The maximum atomic E-state index is 12.8. The lowest BCUT2D eigenvalue weighted by atomic mass is 10.0. The summed E-state index contributed by atoms with van der Waals surface area (Å²) in [5, 5.41) is 3.34. The fourth-order valence-corrected chi connectivity index (χ4v) is 3.52. The molecule has 1 atom stereocenters. The molecule has 1 aliphatic heterocycles. The zero-order valence-electron chi connectivity index (χ0n) is 18.2. The molecule has 1 unspecified atom stereocenters. The van der Waals surface area contributed by atoms with Gasteiger partial charge in [0.2, 0.25) is 0 Å². The number of benzene rings is 2. The number of para-hydroxylation sites is 2. The lowest BCUT2D eigenvalue weighted by Crippen LogP contribution is -2.47. The van der Waals surface area contributed by atoms with Crippen molar-refractivity contribution in [1.82, 2.24) is 4.90 Å². The molecule has 3 rings (SSSR count). The number of esters is 1. The number of carbonyl (C=O) groups is 2. The Balaban J connectivity index is 1.76. The van der Waals surface area contributed by atoms with E-state index in [1.807, 2.05) is 56.3 Å². The Hall–Kier alpha value is -3.46. The smallest absolute Gasteiger partial charge is 0.306 e. The summed E-state index contributed by atoms with van der Waals surface area (Å²) in [5.74, 6) is 6.68. The lowest BCUT2D eigenvalue weighted by Gasteiger charge is -2.34. The van der Waals surface area contributed by atoms with Crippen LogP contribution in [0.2, 0.25) is 0 Å². The summed E-state index contributed by atoms with van der Waals surface area (Å²) in [6.45, 7) is 6.80.